The lowest BCUT2D eigenvalue weighted by Gasteiger charge is -2.16. The molecule has 0 bridgehead atoms. The number of hydrogen-bond donors (Lipinski definition) is 1. The van der Waals surface area contributed by atoms with Crippen molar-refractivity contribution in [3.8, 4) is 11.4 Å². The largest absolute Gasteiger partial charge is 0.489 e. The normalized spacial score (nSPS) is 13.5. The van der Waals surface area contributed by atoms with Gasteiger partial charge in [0.25, 0.3) is 5.56 Å². The van der Waals surface area contributed by atoms with E-state index in [1.165, 1.54) is 11.0 Å². The van der Waals surface area contributed by atoms with Crippen molar-refractivity contribution in [3.63, 3.8) is 0 Å². The Bertz CT molecular complexity index is 1510. The Balaban J connectivity index is 1.43. The molecule has 0 atom stereocenters. The highest BCUT2D eigenvalue weighted by molar-refractivity contribution is 6.35. The topological polar surface area (TPSA) is 76.7 Å². The lowest BCUT2D eigenvalue weighted by atomic mass is 10.1. The molecule has 1 amide bonds. The van der Waals surface area contributed by atoms with Crippen molar-refractivity contribution in [3.05, 3.63) is 91.9 Å². The molecule has 0 unspecified atom stereocenters. The monoisotopic (exact) mass is 511 g/mol. The van der Waals surface area contributed by atoms with Gasteiger partial charge in [0.2, 0.25) is 0 Å². The highest BCUT2D eigenvalue weighted by Gasteiger charge is 2.23. The zero-order chi connectivity index (χ0) is 24.7. The lowest BCUT2D eigenvalue weighted by molar-refractivity contribution is 0.143. The molecule has 1 aliphatic heterocycles. The summed E-state index contributed by atoms with van der Waals surface area (Å²) >= 11 is 12.1. The first-order valence-electron chi connectivity index (χ1n) is 11.2. The third-order valence-electron chi connectivity index (χ3n) is 6.46. The molecule has 4 aromatic rings. The predicted molar refractivity (Wildman–Crippen MR) is 136 cm³/mol. The number of aryl methyl sites for hydroxylation is 1. The second-order valence-corrected chi connectivity index (χ2v) is 9.43. The van der Waals surface area contributed by atoms with Crippen LogP contribution in [0.5, 0.6) is 5.75 Å². The van der Waals surface area contributed by atoms with Gasteiger partial charge in [-0.1, -0.05) is 35.3 Å². The molecule has 5 rings (SSSR count). The van der Waals surface area contributed by atoms with Gasteiger partial charge in [0, 0.05) is 58.1 Å². The van der Waals surface area contributed by atoms with Gasteiger partial charge in [0.15, 0.2) is 0 Å². The van der Waals surface area contributed by atoms with Gasteiger partial charge in [-0.25, -0.2) is 4.79 Å². The first-order valence-corrected chi connectivity index (χ1v) is 12.0. The fourth-order valence-electron chi connectivity index (χ4n) is 4.64. The summed E-state index contributed by atoms with van der Waals surface area (Å²) in [4.78, 5) is 25.9. The summed E-state index contributed by atoms with van der Waals surface area (Å²) in [6.45, 7) is 1.11. The fourth-order valence-corrected chi connectivity index (χ4v) is 5.10. The quantitative estimate of drug-likeness (QED) is 0.384. The average Bonchev–Trinajstić information content (AvgIpc) is 2.97. The molecule has 7 nitrogen and oxygen atoms in total. The van der Waals surface area contributed by atoms with Gasteiger partial charge >= 0.3 is 6.09 Å². The molecule has 1 N–H and O–H groups in total. The van der Waals surface area contributed by atoms with E-state index in [2.05, 4.69) is 4.57 Å². The van der Waals surface area contributed by atoms with Crippen LogP contribution in [-0.2, 0) is 26.6 Å². The Morgan fingerprint density at radius 1 is 1.11 bits per heavy atom. The molecule has 35 heavy (non-hydrogen) atoms. The average molecular weight is 512 g/mol. The van der Waals surface area contributed by atoms with Crippen LogP contribution in [0.15, 0.2) is 59.5 Å². The van der Waals surface area contributed by atoms with Crippen LogP contribution in [0, 0.1) is 0 Å². The molecule has 2 aromatic heterocycles. The molecular weight excluding hydrogens is 489 g/mol. The maximum Gasteiger partial charge on any atom is 0.407 e. The highest BCUT2D eigenvalue weighted by Crippen LogP contribution is 2.31. The summed E-state index contributed by atoms with van der Waals surface area (Å²) in [6, 6.07) is 14.2. The number of carboxylic acid groups (broad SMARTS) is 1. The number of pyridine rings is 1. The second kappa shape index (κ2) is 9.32. The number of benzene rings is 2. The van der Waals surface area contributed by atoms with Crippen LogP contribution in [0.2, 0.25) is 10.0 Å². The van der Waals surface area contributed by atoms with Crippen LogP contribution >= 0.6 is 23.2 Å². The van der Waals surface area contributed by atoms with Crippen molar-refractivity contribution < 1.29 is 14.6 Å². The van der Waals surface area contributed by atoms with Crippen LogP contribution < -0.4 is 10.3 Å². The molecule has 1 aliphatic rings. The SMILES string of the molecule is Cn1c2c(c3ccc(-n4ccc(OCc5ccc(Cl)cc5Cl)cc4=O)cc31)CN(C(=O)O)CCC2. The van der Waals surface area contributed by atoms with E-state index in [1.807, 2.05) is 25.2 Å². The van der Waals surface area contributed by atoms with Crippen LogP contribution in [-0.4, -0.2) is 31.8 Å². The zero-order valence-electron chi connectivity index (χ0n) is 19.0. The van der Waals surface area contributed by atoms with Crippen LogP contribution in [0.25, 0.3) is 16.6 Å². The van der Waals surface area contributed by atoms with Crippen LogP contribution in [0.3, 0.4) is 0 Å². The Labute approximate surface area is 211 Å². The number of carbonyl (C=O) groups is 1. The van der Waals surface area contributed by atoms with Gasteiger partial charge in [-0.15, -0.1) is 0 Å². The van der Waals surface area contributed by atoms with Crippen molar-refractivity contribution in [2.45, 2.75) is 26.0 Å². The van der Waals surface area contributed by atoms with E-state index in [9.17, 15) is 14.7 Å². The van der Waals surface area contributed by atoms with E-state index < -0.39 is 6.09 Å². The lowest BCUT2D eigenvalue weighted by Crippen LogP contribution is -2.28. The van der Waals surface area contributed by atoms with Gasteiger partial charge < -0.3 is 19.3 Å². The number of nitrogens with zero attached hydrogens (tertiary/aromatic N) is 3. The van der Waals surface area contributed by atoms with E-state index in [-0.39, 0.29) is 12.2 Å². The number of halogens is 2. The number of fused-ring (bicyclic) bond motifs is 3. The Morgan fingerprint density at radius 2 is 1.94 bits per heavy atom. The molecule has 0 radical (unpaired) electrons. The standard InChI is InChI=1S/C26H23Cl2N3O4/c1-29-23-3-2-9-30(26(33)34)14-21(23)20-7-6-18(12-24(20)29)31-10-8-19(13-25(31)32)35-15-16-4-5-17(27)11-22(16)28/h4-8,10-13H,2-3,9,14-15H2,1H3,(H,33,34). The van der Waals surface area contributed by atoms with Gasteiger partial charge in [-0.2, -0.15) is 0 Å². The smallest absolute Gasteiger partial charge is 0.407 e. The molecule has 0 fully saturated rings. The van der Waals surface area contributed by atoms with Gasteiger partial charge in [0.1, 0.15) is 12.4 Å². The summed E-state index contributed by atoms with van der Waals surface area (Å²) in [5.74, 6) is 0.442. The molecule has 180 valence electrons. The van der Waals surface area contributed by atoms with E-state index in [0.29, 0.717) is 28.9 Å². The number of hydrogen-bond acceptors (Lipinski definition) is 3. The summed E-state index contributed by atoms with van der Waals surface area (Å²) in [6.07, 6.45) is 2.36. The summed E-state index contributed by atoms with van der Waals surface area (Å²) < 4.78 is 9.44. The first kappa shape index (κ1) is 23.3. The van der Waals surface area contributed by atoms with E-state index in [0.717, 1.165) is 46.3 Å². The summed E-state index contributed by atoms with van der Waals surface area (Å²) in [5.41, 5.74) is 4.40. The number of aromatic nitrogens is 2. The molecule has 0 aliphatic carbocycles. The Morgan fingerprint density at radius 3 is 2.69 bits per heavy atom. The predicted octanol–water partition coefficient (Wildman–Crippen LogP) is 5.64. The van der Waals surface area contributed by atoms with Crippen LogP contribution in [0.4, 0.5) is 4.79 Å². The Kier molecular flexibility index (Phi) is 6.21. The van der Waals surface area contributed by atoms with Crippen molar-refractivity contribution in [1.29, 1.82) is 0 Å². The molecule has 0 saturated heterocycles. The van der Waals surface area contributed by atoms with Crippen molar-refractivity contribution in [1.82, 2.24) is 14.0 Å². The van der Waals surface area contributed by atoms with E-state index in [1.54, 1.807) is 35.0 Å². The van der Waals surface area contributed by atoms with Crippen molar-refractivity contribution in [2.75, 3.05) is 6.54 Å². The summed E-state index contributed by atoms with van der Waals surface area (Å²) in [5, 5.41) is 11.6. The molecule has 2 aromatic carbocycles. The summed E-state index contributed by atoms with van der Waals surface area (Å²) in [7, 11) is 1.99. The number of rotatable bonds is 4. The maximum absolute atomic E-state index is 12.9. The maximum atomic E-state index is 12.9. The third-order valence-corrected chi connectivity index (χ3v) is 7.05. The molecule has 0 spiro atoms. The van der Waals surface area contributed by atoms with Gasteiger partial charge in [-0.3, -0.25) is 9.36 Å². The number of ether oxygens (including phenoxy) is 1. The van der Waals surface area contributed by atoms with Crippen molar-refractivity contribution in [2.24, 2.45) is 7.05 Å². The van der Waals surface area contributed by atoms with Gasteiger partial charge in [0.05, 0.1) is 17.7 Å². The molecule has 3 heterocycles. The van der Waals surface area contributed by atoms with E-state index in [4.69, 9.17) is 27.9 Å². The zero-order valence-corrected chi connectivity index (χ0v) is 20.5. The molecular formula is C26H23Cl2N3O4. The highest BCUT2D eigenvalue weighted by atomic mass is 35.5. The minimum Gasteiger partial charge on any atom is -0.489 e. The minimum atomic E-state index is -0.904. The Hall–Kier alpha value is -3.42. The van der Waals surface area contributed by atoms with Gasteiger partial charge in [-0.05, 0) is 43.2 Å². The fraction of sp³-hybridized carbons (Fsp3) is 0.231. The molecule has 9 heteroatoms. The first-order chi connectivity index (χ1) is 16.8. The third kappa shape index (κ3) is 4.49. The number of amides is 1. The second-order valence-electron chi connectivity index (χ2n) is 8.59. The minimum absolute atomic E-state index is 0.216. The van der Waals surface area contributed by atoms with Crippen molar-refractivity contribution >= 4 is 40.2 Å². The van der Waals surface area contributed by atoms with Crippen LogP contribution in [0.1, 0.15) is 23.2 Å². The molecule has 0 saturated carbocycles. The van der Waals surface area contributed by atoms with E-state index >= 15 is 0 Å².